The molecule has 0 fully saturated rings. The highest BCUT2D eigenvalue weighted by Gasteiger charge is 2.12. The Morgan fingerprint density at radius 2 is 2.36 bits per heavy atom. The minimum Gasteiger partial charge on any atom is -0.300 e. The standard InChI is InChI=1S/C12H12N6OS3/c1-7-14-16-11(22-7)13-9(19)4-5-18-10(15-17-12(18)20)8-3-2-6-21-8/h2-3,6H,4-5H2,1H3,(H,17,20)(H,13,16,19). The van der Waals surface area contributed by atoms with Gasteiger partial charge in [0.1, 0.15) is 5.01 Å². The molecule has 0 saturated heterocycles. The lowest BCUT2D eigenvalue weighted by atomic mass is 10.3. The summed E-state index contributed by atoms with van der Waals surface area (Å²) in [6.45, 7) is 2.29. The molecule has 3 aromatic rings. The molecule has 0 bridgehead atoms. The van der Waals surface area contributed by atoms with Crippen molar-refractivity contribution < 1.29 is 4.79 Å². The number of carbonyl (C=O) groups is 1. The van der Waals surface area contributed by atoms with E-state index in [9.17, 15) is 4.79 Å². The number of thiophene rings is 1. The van der Waals surface area contributed by atoms with Crippen LogP contribution in [0.1, 0.15) is 11.4 Å². The Morgan fingerprint density at radius 3 is 3.05 bits per heavy atom. The number of aromatic nitrogens is 5. The van der Waals surface area contributed by atoms with E-state index in [0.29, 0.717) is 16.4 Å². The van der Waals surface area contributed by atoms with Gasteiger partial charge in [-0.2, -0.15) is 5.10 Å². The summed E-state index contributed by atoms with van der Waals surface area (Å²) in [6, 6.07) is 3.92. The van der Waals surface area contributed by atoms with Crippen LogP contribution in [0.5, 0.6) is 0 Å². The van der Waals surface area contributed by atoms with Gasteiger partial charge in [0.05, 0.1) is 4.88 Å². The largest absolute Gasteiger partial charge is 0.300 e. The quantitative estimate of drug-likeness (QED) is 0.689. The van der Waals surface area contributed by atoms with Crippen molar-refractivity contribution in [3.05, 3.63) is 27.3 Å². The number of anilines is 1. The number of H-pyrrole nitrogens is 1. The SMILES string of the molecule is Cc1nnc(NC(=O)CCn2c(-c3cccs3)n[nH]c2=S)s1. The normalized spacial score (nSPS) is 10.8. The molecule has 3 heterocycles. The lowest BCUT2D eigenvalue weighted by molar-refractivity contribution is -0.116. The number of carbonyl (C=O) groups excluding carboxylic acids is 1. The van der Waals surface area contributed by atoms with Crippen LogP contribution in [0.3, 0.4) is 0 Å². The fraction of sp³-hybridized carbons (Fsp3) is 0.250. The summed E-state index contributed by atoms with van der Waals surface area (Å²) in [5.74, 6) is 0.621. The minimum absolute atomic E-state index is 0.128. The Balaban J connectivity index is 1.68. The van der Waals surface area contributed by atoms with Crippen LogP contribution in [0.25, 0.3) is 10.7 Å². The van der Waals surface area contributed by atoms with Crippen molar-refractivity contribution in [3.63, 3.8) is 0 Å². The van der Waals surface area contributed by atoms with Gasteiger partial charge in [0.2, 0.25) is 11.0 Å². The number of rotatable bonds is 5. The summed E-state index contributed by atoms with van der Waals surface area (Å²) in [5.41, 5.74) is 0. The van der Waals surface area contributed by atoms with E-state index in [4.69, 9.17) is 12.2 Å². The number of amides is 1. The first-order valence-electron chi connectivity index (χ1n) is 6.42. The van der Waals surface area contributed by atoms with E-state index in [2.05, 4.69) is 25.7 Å². The molecule has 2 N–H and O–H groups in total. The fourth-order valence-corrected chi connectivity index (χ4v) is 3.41. The van der Waals surface area contributed by atoms with Crippen molar-refractivity contribution >= 4 is 45.9 Å². The molecule has 0 radical (unpaired) electrons. The zero-order valence-corrected chi connectivity index (χ0v) is 14.0. The van der Waals surface area contributed by atoms with E-state index >= 15 is 0 Å². The highest BCUT2D eigenvalue weighted by atomic mass is 32.1. The monoisotopic (exact) mass is 352 g/mol. The summed E-state index contributed by atoms with van der Waals surface area (Å²) < 4.78 is 2.33. The average molecular weight is 352 g/mol. The third-order valence-electron chi connectivity index (χ3n) is 2.83. The highest BCUT2D eigenvalue weighted by Crippen LogP contribution is 2.23. The second kappa shape index (κ2) is 6.46. The van der Waals surface area contributed by atoms with Crippen LogP contribution < -0.4 is 5.32 Å². The summed E-state index contributed by atoms with van der Waals surface area (Å²) in [4.78, 5) is 13.0. The smallest absolute Gasteiger partial charge is 0.227 e. The Bertz CT molecular complexity index is 831. The maximum atomic E-state index is 12.0. The molecular weight excluding hydrogens is 340 g/mol. The van der Waals surface area contributed by atoms with Crippen molar-refractivity contribution in [2.24, 2.45) is 0 Å². The number of hydrogen-bond donors (Lipinski definition) is 2. The molecule has 0 spiro atoms. The molecule has 1 amide bonds. The molecule has 0 aliphatic carbocycles. The Labute approximate surface area is 139 Å². The Morgan fingerprint density at radius 1 is 1.50 bits per heavy atom. The van der Waals surface area contributed by atoms with Crippen molar-refractivity contribution in [2.45, 2.75) is 19.9 Å². The van der Waals surface area contributed by atoms with Crippen molar-refractivity contribution in [3.8, 4) is 10.7 Å². The van der Waals surface area contributed by atoms with E-state index in [1.165, 1.54) is 11.3 Å². The molecule has 10 heteroatoms. The van der Waals surface area contributed by atoms with Crippen LogP contribution >= 0.6 is 34.9 Å². The van der Waals surface area contributed by atoms with Crippen molar-refractivity contribution in [1.29, 1.82) is 0 Å². The van der Waals surface area contributed by atoms with Crippen LogP contribution in [-0.4, -0.2) is 30.9 Å². The zero-order chi connectivity index (χ0) is 15.5. The third-order valence-corrected chi connectivity index (χ3v) is 4.77. The van der Waals surface area contributed by atoms with E-state index in [1.54, 1.807) is 11.3 Å². The van der Waals surface area contributed by atoms with Gasteiger partial charge in [-0.1, -0.05) is 17.4 Å². The van der Waals surface area contributed by atoms with E-state index < -0.39 is 0 Å². The van der Waals surface area contributed by atoms with Crippen LogP contribution in [-0.2, 0) is 11.3 Å². The minimum atomic E-state index is -0.128. The molecule has 114 valence electrons. The number of aryl methyl sites for hydroxylation is 1. The number of aromatic amines is 1. The van der Waals surface area contributed by atoms with Gasteiger partial charge in [-0.25, -0.2) is 0 Å². The van der Waals surface area contributed by atoms with Gasteiger partial charge in [0, 0.05) is 13.0 Å². The van der Waals surface area contributed by atoms with E-state index in [1.807, 2.05) is 29.0 Å². The second-order valence-corrected chi connectivity index (χ2v) is 6.92. The van der Waals surface area contributed by atoms with Gasteiger partial charge in [0.25, 0.3) is 0 Å². The summed E-state index contributed by atoms with van der Waals surface area (Å²) >= 11 is 8.15. The lowest BCUT2D eigenvalue weighted by Gasteiger charge is -2.05. The van der Waals surface area contributed by atoms with Gasteiger partial charge in [0.15, 0.2) is 10.6 Å². The van der Waals surface area contributed by atoms with E-state index in [-0.39, 0.29) is 12.3 Å². The van der Waals surface area contributed by atoms with Gasteiger partial charge in [-0.3, -0.25) is 14.5 Å². The third kappa shape index (κ3) is 3.29. The number of hydrogen-bond acceptors (Lipinski definition) is 7. The van der Waals surface area contributed by atoms with E-state index in [0.717, 1.165) is 15.7 Å². The van der Waals surface area contributed by atoms with Crippen molar-refractivity contribution in [1.82, 2.24) is 25.0 Å². The predicted octanol–water partition coefficient (Wildman–Crippen LogP) is 2.86. The fourth-order valence-electron chi connectivity index (χ4n) is 1.86. The Hall–Kier alpha value is -1.91. The molecule has 0 aromatic carbocycles. The van der Waals surface area contributed by atoms with Crippen LogP contribution in [0.15, 0.2) is 17.5 Å². The molecule has 0 unspecified atom stereocenters. The maximum Gasteiger partial charge on any atom is 0.227 e. The predicted molar refractivity (Wildman–Crippen MR) is 88.6 cm³/mol. The van der Waals surface area contributed by atoms with Gasteiger partial charge in [-0.05, 0) is 30.6 Å². The molecule has 0 aliphatic heterocycles. The summed E-state index contributed by atoms with van der Waals surface area (Å²) in [7, 11) is 0. The molecule has 3 rings (SSSR count). The first kappa shape index (κ1) is 15.0. The van der Waals surface area contributed by atoms with Gasteiger partial charge >= 0.3 is 0 Å². The second-order valence-electron chi connectivity index (χ2n) is 4.41. The summed E-state index contributed by atoms with van der Waals surface area (Å²) in [5, 5.41) is 20.8. The van der Waals surface area contributed by atoms with Gasteiger partial charge in [-0.15, -0.1) is 21.5 Å². The molecule has 0 aliphatic rings. The zero-order valence-electron chi connectivity index (χ0n) is 11.6. The molecule has 3 aromatic heterocycles. The number of nitrogens with one attached hydrogen (secondary N) is 2. The first-order chi connectivity index (χ1) is 10.6. The topological polar surface area (TPSA) is 88.5 Å². The first-order valence-corrected chi connectivity index (χ1v) is 8.53. The summed E-state index contributed by atoms with van der Waals surface area (Å²) in [6.07, 6.45) is 0.283. The lowest BCUT2D eigenvalue weighted by Crippen LogP contribution is -2.15. The van der Waals surface area contributed by atoms with Crippen LogP contribution in [0.2, 0.25) is 0 Å². The molecular formula is C12H12N6OS3. The van der Waals surface area contributed by atoms with Crippen LogP contribution in [0, 0.1) is 11.7 Å². The van der Waals surface area contributed by atoms with Crippen LogP contribution in [0.4, 0.5) is 5.13 Å². The average Bonchev–Trinajstić information content (AvgIpc) is 3.19. The Kier molecular flexibility index (Phi) is 4.41. The molecule has 22 heavy (non-hydrogen) atoms. The molecule has 7 nitrogen and oxygen atoms in total. The highest BCUT2D eigenvalue weighted by molar-refractivity contribution is 7.71. The number of nitrogens with zero attached hydrogens (tertiary/aromatic N) is 4. The van der Waals surface area contributed by atoms with Crippen molar-refractivity contribution in [2.75, 3.05) is 5.32 Å². The maximum absolute atomic E-state index is 12.0. The van der Waals surface area contributed by atoms with Gasteiger partial charge < -0.3 is 5.32 Å². The molecule has 0 saturated carbocycles. The molecule has 0 atom stereocenters.